The van der Waals surface area contributed by atoms with Gasteiger partial charge in [0.05, 0.1) is 0 Å². The van der Waals surface area contributed by atoms with E-state index in [2.05, 4.69) is 0 Å². The first kappa shape index (κ1) is 10.9. The first-order valence-electron chi connectivity index (χ1n) is 4.09. The van der Waals surface area contributed by atoms with E-state index >= 15 is 0 Å². The molecule has 0 aliphatic rings. The van der Waals surface area contributed by atoms with Gasteiger partial charge in [0.2, 0.25) is 0 Å². The number of hydrogen-bond donors (Lipinski definition) is 1. The molecule has 68 valence electrons. The molecule has 0 aliphatic carbocycles. The minimum atomic E-state index is -0.586. The van der Waals surface area contributed by atoms with E-state index in [4.69, 9.17) is 14.6 Å². The van der Waals surface area contributed by atoms with E-state index in [-0.39, 0.29) is 0 Å². The minimum Gasteiger partial charge on any atom is -0.385 e. The van der Waals surface area contributed by atoms with Crippen LogP contribution in [0.5, 0.6) is 0 Å². The monoisotopic (exact) mass is 162 g/mol. The van der Waals surface area contributed by atoms with Gasteiger partial charge in [0.1, 0.15) is 0 Å². The third kappa shape index (κ3) is 7.78. The van der Waals surface area contributed by atoms with Crippen LogP contribution < -0.4 is 0 Å². The fraction of sp³-hybridized carbons (Fsp3) is 1.00. The topological polar surface area (TPSA) is 38.7 Å². The highest BCUT2D eigenvalue weighted by Crippen LogP contribution is 1.96. The molecule has 0 aliphatic heterocycles. The molecule has 3 heteroatoms. The summed E-state index contributed by atoms with van der Waals surface area (Å²) in [6.07, 6.45) is 2.01. The smallest absolute Gasteiger partial charge is 0.154 e. The molecule has 0 saturated heterocycles. The summed E-state index contributed by atoms with van der Waals surface area (Å²) in [6, 6.07) is 0. The number of methoxy groups -OCH3 is 1. The van der Waals surface area contributed by atoms with Gasteiger partial charge in [-0.15, -0.1) is 0 Å². The van der Waals surface area contributed by atoms with E-state index in [1.807, 2.05) is 6.92 Å². The van der Waals surface area contributed by atoms with Gasteiger partial charge in [-0.3, -0.25) is 0 Å². The van der Waals surface area contributed by atoms with E-state index in [0.717, 1.165) is 19.4 Å². The predicted octanol–water partition coefficient (Wildman–Crippen LogP) is 1.16. The fourth-order valence-corrected chi connectivity index (χ4v) is 0.686. The normalized spacial score (nSPS) is 13.4. The predicted molar refractivity (Wildman–Crippen MR) is 43.4 cm³/mol. The summed E-state index contributed by atoms with van der Waals surface area (Å²) in [7, 11) is 1.68. The standard InChI is InChI=1S/C8H18O3/c1-3-8(9)11-7-5-4-6-10-2/h8-9H,3-7H2,1-2H3. The van der Waals surface area contributed by atoms with Crippen molar-refractivity contribution in [3.63, 3.8) is 0 Å². The van der Waals surface area contributed by atoms with Crippen molar-refractivity contribution in [2.24, 2.45) is 0 Å². The summed E-state index contributed by atoms with van der Waals surface area (Å²) < 4.78 is 9.89. The molecule has 1 atom stereocenters. The Hall–Kier alpha value is -0.120. The van der Waals surface area contributed by atoms with Gasteiger partial charge in [-0.05, 0) is 19.3 Å². The maximum Gasteiger partial charge on any atom is 0.154 e. The Bertz CT molecular complexity index is 75.7. The fourth-order valence-electron chi connectivity index (χ4n) is 0.686. The summed E-state index contributed by atoms with van der Waals surface area (Å²) in [5.41, 5.74) is 0. The Kier molecular flexibility index (Phi) is 7.89. The Labute approximate surface area is 68.3 Å². The van der Waals surface area contributed by atoms with E-state index in [1.165, 1.54) is 0 Å². The average molecular weight is 162 g/mol. The molecule has 0 aromatic heterocycles. The molecule has 1 N–H and O–H groups in total. The third-order valence-electron chi connectivity index (χ3n) is 1.40. The number of ether oxygens (including phenoxy) is 2. The molecule has 0 aromatic rings. The van der Waals surface area contributed by atoms with Crippen molar-refractivity contribution in [3.8, 4) is 0 Å². The lowest BCUT2D eigenvalue weighted by Gasteiger charge is -2.08. The van der Waals surface area contributed by atoms with Crippen LogP contribution in [0.3, 0.4) is 0 Å². The Morgan fingerprint density at radius 2 is 1.91 bits per heavy atom. The van der Waals surface area contributed by atoms with Gasteiger partial charge in [-0.2, -0.15) is 0 Å². The number of unbranched alkanes of at least 4 members (excludes halogenated alkanes) is 1. The first-order chi connectivity index (χ1) is 5.31. The summed E-state index contributed by atoms with van der Waals surface area (Å²) in [5.74, 6) is 0. The molecular weight excluding hydrogens is 144 g/mol. The van der Waals surface area contributed by atoms with Gasteiger partial charge < -0.3 is 14.6 Å². The maximum atomic E-state index is 8.96. The van der Waals surface area contributed by atoms with Crippen LogP contribution >= 0.6 is 0 Å². The zero-order valence-corrected chi connectivity index (χ0v) is 7.38. The van der Waals surface area contributed by atoms with Crippen molar-refractivity contribution >= 4 is 0 Å². The minimum absolute atomic E-state index is 0.586. The van der Waals surface area contributed by atoms with Crippen molar-refractivity contribution < 1.29 is 14.6 Å². The van der Waals surface area contributed by atoms with Crippen molar-refractivity contribution in [1.29, 1.82) is 0 Å². The van der Waals surface area contributed by atoms with Gasteiger partial charge in [-0.25, -0.2) is 0 Å². The molecule has 0 rings (SSSR count). The molecule has 0 saturated carbocycles. The molecule has 0 fully saturated rings. The van der Waals surface area contributed by atoms with E-state index < -0.39 is 6.29 Å². The van der Waals surface area contributed by atoms with Crippen LogP contribution in [0.15, 0.2) is 0 Å². The van der Waals surface area contributed by atoms with Gasteiger partial charge in [0, 0.05) is 20.3 Å². The van der Waals surface area contributed by atoms with Crippen molar-refractivity contribution in [2.45, 2.75) is 32.5 Å². The molecular formula is C8H18O3. The van der Waals surface area contributed by atoms with E-state index in [9.17, 15) is 0 Å². The van der Waals surface area contributed by atoms with Crippen molar-refractivity contribution in [3.05, 3.63) is 0 Å². The van der Waals surface area contributed by atoms with Crippen LogP contribution in [0.25, 0.3) is 0 Å². The Morgan fingerprint density at radius 1 is 1.27 bits per heavy atom. The van der Waals surface area contributed by atoms with Crippen LogP contribution in [0.4, 0.5) is 0 Å². The van der Waals surface area contributed by atoms with Crippen LogP contribution in [0, 0.1) is 0 Å². The summed E-state index contributed by atoms with van der Waals surface area (Å²) in [5, 5.41) is 8.96. The first-order valence-corrected chi connectivity index (χ1v) is 4.09. The Balaban J connectivity index is 2.89. The number of aliphatic hydroxyl groups is 1. The van der Waals surface area contributed by atoms with Crippen LogP contribution in [-0.2, 0) is 9.47 Å². The van der Waals surface area contributed by atoms with E-state index in [0.29, 0.717) is 13.0 Å². The highest BCUT2D eigenvalue weighted by molar-refractivity contribution is 4.39. The summed E-state index contributed by atoms with van der Waals surface area (Å²) >= 11 is 0. The molecule has 0 heterocycles. The second-order valence-corrected chi connectivity index (χ2v) is 2.43. The van der Waals surface area contributed by atoms with Crippen molar-refractivity contribution in [2.75, 3.05) is 20.3 Å². The zero-order chi connectivity index (χ0) is 8.53. The zero-order valence-electron chi connectivity index (χ0n) is 7.38. The quantitative estimate of drug-likeness (QED) is 0.451. The molecule has 11 heavy (non-hydrogen) atoms. The lowest BCUT2D eigenvalue weighted by molar-refractivity contribution is -0.101. The lowest BCUT2D eigenvalue weighted by Crippen LogP contribution is -2.11. The third-order valence-corrected chi connectivity index (χ3v) is 1.40. The second-order valence-electron chi connectivity index (χ2n) is 2.43. The highest BCUT2D eigenvalue weighted by atomic mass is 16.6. The van der Waals surface area contributed by atoms with Gasteiger partial charge >= 0.3 is 0 Å². The molecule has 3 nitrogen and oxygen atoms in total. The molecule has 0 amide bonds. The van der Waals surface area contributed by atoms with Gasteiger partial charge in [-0.1, -0.05) is 6.92 Å². The molecule has 0 aromatic carbocycles. The Morgan fingerprint density at radius 3 is 2.45 bits per heavy atom. The lowest BCUT2D eigenvalue weighted by atomic mass is 10.3. The molecule has 1 unspecified atom stereocenters. The number of rotatable bonds is 7. The largest absolute Gasteiger partial charge is 0.385 e. The van der Waals surface area contributed by atoms with Crippen molar-refractivity contribution in [1.82, 2.24) is 0 Å². The van der Waals surface area contributed by atoms with Gasteiger partial charge in [0.25, 0.3) is 0 Å². The second kappa shape index (κ2) is 7.98. The average Bonchev–Trinajstić information content (AvgIpc) is 2.04. The maximum absolute atomic E-state index is 8.96. The number of hydrogen-bond acceptors (Lipinski definition) is 3. The molecule has 0 spiro atoms. The van der Waals surface area contributed by atoms with Crippen LogP contribution in [0.1, 0.15) is 26.2 Å². The molecule has 0 bridgehead atoms. The molecule has 0 radical (unpaired) electrons. The van der Waals surface area contributed by atoms with Gasteiger partial charge in [0.15, 0.2) is 6.29 Å². The SMILES string of the molecule is CCC(O)OCCCCOC. The number of aliphatic hydroxyl groups excluding tert-OH is 1. The van der Waals surface area contributed by atoms with Crippen LogP contribution in [-0.4, -0.2) is 31.7 Å². The summed E-state index contributed by atoms with van der Waals surface area (Å²) in [4.78, 5) is 0. The van der Waals surface area contributed by atoms with Crippen LogP contribution in [0.2, 0.25) is 0 Å². The summed E-state index contributed by atoms with van der Waals surface area (Å²) in [6.45, 7) is 3.28. The van der Waals surface area contributed by atoms with E-state index in [1.54, 1.807) is 7.11 Å². The highest BCUT2D eigenvalue weighted by Gasteiger charge is 1.97.